The molecule has 0 heterocycles. The maximum Gasteiger partial charge on any atom is 0.261 e. The van der Waals surface area contributed by atoms with Crippen LogP contribution in [0.25, 0.3) is 0 Å². The molecule has 0 fully saturated rings. The number of sulfonamides is 1. The van der Waals surface area contributed by atoms with Gasteiger partial charge >= 0.3 is 0 Å². The standard InChI is InChI=1S/C22H22N2O3S2/c1-15-4-12-20(13-5-15)29(26,27)24-18-9-7-17(8-10-18)23-22(25)21-14-19(28-3)11-6-16(21)2/h4-14,24H,1-3H3,(H,23,25). The molecule has 0 aromatic heterocycles. The van der Waals surface area contributed by atoms with E-state index in [1.54, 1.807) is 60.3 Å². The zero-order valence-electron chi connectivity index (χ0n) is 16.4. The van der Waals surface area contributed by atoms with Gasteiger partial charge in [-0.15, -0.1) is 11.8 Å². The third-order valence-electron chi connectivity index (χ3n) is 4.42. The van der Waals surface area contributed by atoms with Crippen LogP contribution in [-0.2, 0) is 10.0 Å². The second-order valence-corrected chi connectivity index (χ2v) is 9.19. The molecular formula is C22H22N2O3S2. The minimum atomic E-state index is -3.66. The first kappa shape index (κ1) is 21.0. The van der Waals surface area contributed by atoms with E-state index >= 15 is 0 Å². The van der Waals surface area contributed by atoms with Gasteiger partial charge in [-0.2, -0.15) is 0 Å². The Morgan fingerprint density at radius 3 is 2.10 bits per heavy atom. The molecule has 3 aromatic rings. The molecule has 0 aliphatic rings. The summed E-state index contributed by atoms with van der Waals surface area (Å²) in [6.45, 7) is 3.79. The highest BCUT2D eigenvalue weighted by molar-refractivity contribution is 7.98. The van der Waals surface area contributed by atoms with Crippen LogP contribution in [0.5, 0.6) is 0 Å². The number of amides is 1. The normalized spacial score (nSPS) is 11.1. The number of carbonyl (C=O) groups excluding carboxylic acids is 1. The van der Waals surface area contributed by atoms with Gasteiger partial charge in [0.2, 0.25) is 0 Å². The van der Waals surface area contributed by atoms with Gasteiger partial charge < -0.3 is 5.32 Å². The van der Waals surface area contributed by atoms with E-state index in [2.05, 4.69) is 10.0 Å². The van der Waals surface area contributed by atoms with Gasteiger partial charge in [-0.05, 0) is 74.2 Å². The monoisotopic (exact) mass is 426 g/mol. The van der Waals surface area contributed by atoms with Crippen LogP contribution < -0.4 is 10.0 Å². The molecule has 0 radical (unpaired) electrons. The van der Waals surface area contributed by atoms with Gasteiger partial charge in [0.1, 0.15) is 0 Å². The first-order chi connectivity index (χ1) is 13.8. The number of benzene rings is 3. The average Bonchev–Trinajstić information content (AvgIpc) is 2.70. The molecule has 0 saturated heterocycles. The summed E-state index contributed by atoms with van der Waals surface area (Å²) < 4.78 is 27.5. The molecule has 5 nitrogen and oxygen atoms in total. The maximum absolute atomic E-state index is 12.6. The predicted octanol–water partition coefficient (Wildman–Crippen LogP) is 5.08. The molecular weight excluding hydrogens is 404 g/mol. The Kier molecular flexibility index (Phi) is 6.30. The van der Waals surface area contributed by atoms with Crippen molar-refractivity contribution in [2.24, 2.45) is 0 Å². The Hall–Kier alpha value is -2.77. The van der Waals surface area contributed by atoms with Crippen LogP contribution in [0.15, 0.2) is 76.5 Å². The maximum atomic E-state index is 12.6. The molecule has 0 bridgehead atoms. The molecule has 3 aromatic carbocycles. The van der Waals surface area contributed by atoms with E-state index in [-0.39, 0.29) is 10.8 Å². The van der Waals surface area contributed by atoms with Gasteiger partial charge in [0.05, 0.1) is 4.90 Å². The molecule has 0 saturated carbocycles. The van der Waals surface area contributed by atoms with Crippen molar-refractivity contribution in [1.82, 2.24) is 0 Å². The Morgan fingerprint density at radius 2 is 1.48 bits per heavy atom. The van der Waals surface area contributed by atoms with Crippen LogP contribution in [-0.4, -0.2) is 20.6 Å². The number of aryl methyl sites for hydroxylation is 2. The SMILES string of the molecule is CSc1ccc(C)c(C(=O)Nc2ccc(NS(=O)(=O)c3ccc(C)cc3)cc2)c1. The Labute approximate surface area is 175 Å². The molecule has 0 aliphatic carbocycles. The highest BCUT2D eigenvalue weighted by Crippen LogP contribution is 2.22. The van der Waals surface area contributed by atoms with Crippen molar-refractivity contribution in [3.63, 3.8) is 0 Å². The van der Waals surface area contributed by atoms with E-state index < -0.39 is 10.0 Å². The fraction of sp³-hybridized carbons (Fsp3) is 0.136. The highest BCUT2D eigenvalue weighted by Gasteiger charge is 2.14. The number of thioether (sulfide) groups is 1. The number of hydrogen-bond acceptors (Lipinski definition) is 4. The molecule has 7 heteroatoms. The third kappa shape index (κ3) is 5.19. The van der Waals surface area contributed by atoms with Gasteiger partial charge in [-0.25, -0.2) is 8.42 Å². The van der Waals surface area contributed by atoms with E-state index in [1.165, 1.54) is 0 Å². The van der Waals surface area contributed by atoms with Gasteiger partial charge in [-0.3, -0.25) is 9.52 Å². The molecule has 29 heavy (non-hydrogen) atoms. The fourth-order valence-electron chi connectivity index (χ4n) is 2.72. The summed E-state index contributed by atoms with van der Waals surface area (Å²) in [6.07, 6.45) is 1.96. The average molecular weight is 427 g/mol. The number of nitrogens with one attached hydrogen (secondary N) is 2. The lowest BCUT2D eigenvalue weighted by atomic mass is 10.1. The Morgan fingerprint density at radius 1 is 0.862 bits per heavy atom. The molecule has 0 aliphatic heterocycles. The Bertz CT molecular complexity index is 1120. The topological polar surface area (TPSA) is 75.3 Å². The molecule has 150 valence electrons. The van der Waals surface area contributed by atoms with Crippen molar-refractivity contribution in [2.45, 2.75) is 23.6 Å². The van der Waals surface area contributed by atoms with E-state index in [0.29, 0.717) is 16.9 Å². The van der Waals surface area contributed by atoms with Crippen molar-refractivity contribution >= 4 is 39.1 Å². The van der Waals surface area contributed by atoms with Crippen LogP contribution >= 0.6 is 11.8 Å². The zero-order chi connectivity index (χ0) is 21.0. The second kappa shape index (κ2) is 8.71. The van der Waals surface area contributed by atoms with Gasteiger partial charge in [0.25, 0.3) is 15.9 Å². The largest absolute Gasteiger partial charge is 0.322 e. The first-order valence-corrected chi connectivity index (χ1v) is 11.6. The summed E-state index contributed by atoms with van der Waals surface area (Å²) in [5.74, 6) is -0.202. The number of anilines is 2. The van der Waals surface area contributed by atoms with Gasteiger partial charge in [0.15, 0.2) is 0 Å². The molecule has 1 amide bonds. The number of rotatable bonds is 6. The van der Waals surface area contributed by atoms with Crippen molar-refractivity contribution in [1.29, 1.82) is 0 Å². The van der Waals surface area contributed by atoms with Crippen molar-refractivity contribution in [3.8, 4) is 0 Å². The van der Waals surface area contributed by atoms with Gasteiger partial charge in [-0.1, -0.05) is 23.8 Å². The first-order valence-electron chi connectivity index (χ1n) is 8.94. The lowest BCUT2D eigenvalue weighted by molar-refractivity contribution is 0.102. The summed E-state index contributed by atoms with van der Waals surface area (Å²) in [5, 5.41) is 2.85. The summed E-state index contributed by atoms with van der Waals surface area (Å²) >= 11 is 1.58. The highest BCUT2D eigenvalue weighted by atomic mass is 32.2. The molecule has 3 rings (SSSR count). The van der Waals surface area contributed by atoms with E-state index in [0.717, 1.165) is 16.0 Å². The van der Waals surface area contributed by atoms with Crippen molar-refractivity contribution in [2.75, 3.05) is 16.3 Å². The predicted molar refractivity (Wildman–Crippen MR) is 119 cm³/mol. The smallest absolute Gasteiger partial charge is 0.261 e. The van der Waals surface area contributed by atoms with Crippen LogP contribution in [0, 0.1) is 13.8 Å². The van der Waals surface area contributed by atoms with E-state index in [1.807, 2.05) is 38.3 Å². The zero-order valence-corrected chi connectivity index (χ0v) is 18.0. The number of hydrogen-bond donors (Lipinski definition) is 2. The molecule has 0 spiro atoms. The van der Waals surface area contributed by atoms with E-state index in [4.69, 9.17) is 0 Å². The minimum Gasteiger partial charge on any atom is -0.322 e. The summed E-state index contributed by atoms with van der Waals surface area (Å²) in [6, 6.07) is 19.0. The van der Waals surface area contributed by atoms with Crippen molar-refractivity contribution in [3.05, 3.63) is 83.4 Å². The third-order valence-corrected chi connectivity index (χ3v) is 6.54. The Balaban J connectivity index is 1.72. The minimum absolute atomic E-state index is 0.199. The van der Waals surface area contributed by atoms with E-state index in [9.17, 15) is 13.2 Å². The fourth-order valence-corrected chi connectivity index (χ4v) is 4.22. The van der Waals surface area contributed by atoms with Gasteiger partial charge in [0, 0.05) is 21.8 Å². The quantitative estimate of drug-likeness (QED) is 0.539. The summed E-state index contributed by atoms with van der Waals surface area (Å²) in [4.78, 5) is 13.8. The molecule has 0 unspecified atom stereocenters. The lowest BCUT2D eigenvalue weighted by Gasteiger charge is -2.11. The summed E-state index contributed by atoms with van der Waals surface area (Å²) in [7, 11) is -3.66. The van der Waals surface area contributed by atoms with Crippen LogP contribution in [0.2, 0.25) is 0 Å². The molecule has 0 atom stereocenters. The second-order valence-electron chi connectivity index (χ2n) is 6.63. The molecule has 2 N–H and O–H groups in total. The van der Waals surface area contributed by atoms with Crippen LogP contribution in [0.1, 0.15) is 21.5 Å². The van der Waals surface area contributed by atoms with Crippen molar-refractivity contribution < 1.29 is 13.2 Å². The lowest BCUT2D eigenvalue weighted by Crippen LogP contribution is -2.14. The van der Waals surface area contributed by atoms with Crippen LogP contribution in [0.3, 0.4) is 0 Å². The summed E-state index contributed by atoms with van der Waals surface area (Å²) in [5.41, 5.74) is 3.50. The number of carbonyl (C=O) groups is 1. The van der Waals surface area contributed by atoms with Crippen LogP contribution in [0.4, 0.5) is 11.4 Å².